The van der Waals surface area contributed by atoms with E-state index in [9.17, 15) is 18.3 Å². The molecule has 2 fully saturated rings. The number of aliphatic carboxylic acids is 1. The normalized spacial score (nSPS) is 22.5. The molecule has 0 radical (unpaired) electrons. The van der Waals surface area contributed by atoms with Gasteiger partial charge in [0.05, 0.1) is 23.4 Å². The van der Waals surface area contributed by atoms with Crippen molar-refractivity contribution in [1.29, 1.82) is 0 Å². The van der Waals surface area contributed by atoms with Gasteiger partial charge in [-0.15, -0.1) is 0 Å². The molecule has 4 N–H and O–H groups in total. The molecule has 42 heavy (non-hydrogen) atoms. The molecule has 0 aliphatic carbocycles. The number of anilines is 1. The molecule has 3 aromatic rings. The number of rotatable bonds is 10. The van der Waals surface area contributed by atoms with Gasteiger partial charge in [-0.05, 0) is 69.2 Å². The minimum Gasteiger partial charge on any atom is -0.489 e. The van der Waals surface area contributed by atoms with E-state index in [2.05, 4.69) is 15.5 Å². The molecule has 2 aliphatic rings. The highest BCUT2D eigenvalue weighted by atomic mass is 35.5. The van der Waals surface area contributed by atoms with E-state index < -0.39 is 28.1 Å². The molecule has 0 amide bonds. The Balaban J connectivity index is 1.22. The molecule has 2 saturated heterocycles. The Hall–Kier alpha value is -3.23. The van der Waals surface area contributed by atoms with Gasteiger partial charge in [0.25, 0.3) is 5.89 Å². The molecule has 0 bridgehead atoms. The van der Waals surface area contributed by atoms with Gasteiger partial charge in [0, 0.05) is 48.5 Å². The number of benzene rings is 2. The minimum atomic E-state index is -3.58. The standard InChI is InChI=1S/C28H35ClN6O6S/c1-16(2)40-24-9-6-18(12-22(24)29)26-32-27(41-33-26)17-4-7-20(8-5-17)31-21-10-11-34(15-21)25(28(36)37)23-13-19(30)14-35(23)42(3,38)39/h4-9,12,16,19,21,23,25,31H,10-11,13-15,30H2,1-3H3,(H,36,37). The summed E-state index contributed by atoms with van der Waals surface area (Å²) >= 11 is 6.36. The van der Waals surface area contributed by atoms with Crippen LogP contribution in [0.4, 0.5) is 5.69 Å². The summed E-state index contributed by atoms with van der Waals surface area (Å²) < 4.78 is 37.1. The number of hydrogen-bond acceptors (Lipinski definition) is 10. The molecule has 0 spiro atoms. The summed E-state index contributed by atoms with van der Waals surface area (Å²) in [5, 5.41) is 18.1. The van der Waals surface area contributed by atoms with Crippen molar-refractivity contribution in [2.45, 2.75) is 57.0 Å². The van der Waals surface area contributed by atoms with Crippen molar-refractivity contribution in [3.05, 3.63) is 47.5 Å². The predicted molar refractivity (Wildman–Crippen MR) is 159 cm³/mol. The van der Waals surface area contributed by atoms with Crippen LogP contribution in [0.15, 0.2) is 47.0 Å². The molecule has 1 aromatic heterocycles. The highest BCUT2D eigenvalue weighted by Crippen LogP contribution is 2.32. The fraction of sp³-hybridized carbons (Fsp3) is 0.464. The molecule has 14 heteroatoms. The van der Waals surface area contributed by atoms with E-state index in [-0.39, 0.29) is 24.7 Å². The summed E-state index contributed by atoms with van der Waals surface area (Å²) in [6.45, 7) is 4.97. The largest absolute Gasteiger partial charge is 0.489 e. The zero-order valence-electron chi connectivity index (χ0n) is 23.6. The van der Waals surface area contributed by atoms with Crippen LogP contribution in [-0.2, 0) is 14.8 Å². The number of aromatic nitrogens is 2. The smallest absolute Gasteiger partial charge is 0.322 e. The van der Waals surface area contributed by atoms with E-state index >= 15 is 0 Å². The van der Waals surface area contributed by atoms with Crippen molar-refractivity contribution >= 4 is 33.3 Å². The van der Waals surface area contributed by atoms with Gasteiger partial charge in [-0.2, -0.15) is 9.29 Å². The Morgan fingerprint density at radius 2 is 1.90 bits per heavy atom. The fourth-order valence-electron chi connectivity index (χ4n) is 5.65. The second-order valence-corrected chi connectivity index (χ2v) is 13.5. The monoisotopic (exact) mass is 618 g/mol. The second kappa shape index (κ2) is 12.2. The number of nitrogens with zero attached hydrogens (tertiary/aromatic N) is 4. The highest BCUT2D eigenvalue weighted by Gasteiger charge is 2.47. The number of carbonyl (C=O) groups is 1. The van der Waals surface area contributed by atoms with Crippen LogP contribution in [0.1, 0.15) is 26.7 Å². The van der Waals surface area contributed by atoms with E-state index in [1.165, 1.54) is 4.31 Å². The molecule has 4 unspecified atom stereocenters. The number of hydrogen-bond donors (Lipinski definition) is 3. The molecule has 2 aliphatic heterocycles. The Labute approximate surface area is 249 Å². The minimum absolute atomic E-state index is 0.00104. The van der Waals surface area contributed by atoms with E-state index in [0.29, 0.717) is 54.0 Å². The third-order valence-electron chi connectivity index (χ3n) is 7.47. The molecule has 5 rings (SSSR count). The van der Waals surface area contributed by atoms with Crippen LogP contribution in [-0.4, -0.2) is 95.0 Å². The number of nitrogens with two attached hydrogens (primary N) is 1. The van der Waals surface area contributed by atoms with Crippen LogP contribution in [0.5, 0.6) is 5.75 Å². The molecule has 4 atom stereocenters. The maximum Gasteiger partial charge on any atom is 0.322 e. The van der Waals surface area contributed by atoms with Gasteiger partial charge in [-0.3, -0.25) is 9.69 Å². The Morgan fingerprint density at radius 3 is 2.55 bits per heavy atom. The van der Waals surface area contributed by atoms with E-state index in [0.717, 1.165) is 17.5 Å². The van der Waals surface area contributed by atoms with E-state index in [1.807, 2.05) is 49.1 Å². The SMILES string of the molecule is CC(C)Oc1ccc(-c2noc(-c3ccc(NC4CCN(C(C(=O)O)C5CC(N)CN5S(C)(=O)=O)C4)cc3)n2)cc1Cl. The zero-order chi connectivity index (χ0) is 30.2. The second-order valence-electron chi connectivity index (χ2n) is 11.1. The van der Waals surface area contributed by atoms with Gasteiger partial charge in [0.2, 0.25) is 15.8 Å². The zero-order valence-corrected chi connectivity index (χ0v) is 25.2. The summed E-state index contributed by atoms with van der Waals surface area (Å²) in [5.74, 6) is 0.303. The van der Waals surface area contributed by atoms with Gasteiger partial charge >= 0.3 is 5.97 Å². The average molecular weight is 619 g/mol. The van der Waals surface area contributed by atoms with Crippen molar-refractivity contribution in [2.24, 2.45) is 5.73 Å². The summed E-state index contributed by atoms with van der Waals surface area (Å²) in [6.07, 6.45) is 2.11. The van der Waals surface area contributed by atoms with Crippen molar-refractivity contribution in [3.63, 3.8) is 0 Å². The van der Waals surface area contributed by atoms with Crippen molar-refractivity contribution in [2.75, 3.05) is 31.2 Å². The quantitative estimate of drug-likeness (QED) is 0.306. The number of likely N-dealkylation sites (tertiary alicyclic amines) is 1. The number of carboxylic acids is 1. The van der Waals surface area contributed by atoms with Crippen LogP contribution < -0.4 is 15.8 Å². The van der Waals surface area contributed by atoms with Gasteiger partial charge < -0.3 is 25.4 Å². The maximum absolute atomic E-state index is 12.3. The number of ether oxygens (including phenoxy) is 1. The maximum atomic E-state index is 12.3. The van der Waals surface area contributed by atoms with Crippen molar-refractivity contribution in [3.8, 4) is 28.6 Å². The molecular weight excluding hydrogens is 584 g/mol. The topological polar surface area (TPSA) is 164 Å². The Morgan fingerprint density at radius 1 is 1.19 bits per heavy atom. The highest BCUT2D eigenvalue weighted by molar-refractivity contribution is 7.88. The van der Waals surface area contributed by atoms with Gasteiger partial charge in [-0.25, -0.2) is 8.42 Å². The Bertz CT molecular complexity index is 1530. The van der Waals surface area contributed by atoms with Crippen molar-refractivity contribution in [1.82, 2.24) is 19.3 Å². The van der Waals surface area contributed by atoms with E-state index in [4.69, 9.17) is 26.6 Å². The molecule has 3 heterocycles. The molecule has 0 saturated carbocycles. The third kappa shape index (κ3) is 6.70. The number of sulfonamides is 1. The summed E-state index contributed by atoms with van der Waals surface area (Å²) in [4.78, 5) is 18.6. The summed E-state index contributed by atoms with van der Waals surface area (Å²) in [5.41, 5.74) is 8.33. The number of halogens is 1. The van der Waals surface area contributed by atoms with E-state index in [1.54, 1.807) is 12.1 Å². The average Bonchev–Trinajstić information content (AvgIpc) is 3.66. The fourth-order valence-corrected chi connectivity index (χ4v) is 7.03. The first kappa shape index (κ1) is 30.2. The summed E-state index contributed by atoms with van der Waals surface area (Å²) in [6, 6.07) is 10.8. The van der Waals surface area contributed by atoms with Crippen LogP contribution in [0.3, 0.4) is 0 Å². The molecule has 12 nitrogen and oxygen atoms in total. The predicted octanol–water partition coefficient (Wildman–Crippen LogP) is 3.14. The first-order chi connectivity index (χ1) is 19.9. The third-order valence-corrected chi connectivity index (χ3v) is 9.03. The molecular formula is C28H35ClN6O6S. The number of carboxylic acid groups (broad SMARTS) is 1. The van der Waals surface area contributed by atoms with Crippen LogP contribution in [0.2, 0.25) is 5.02 Å². The lowest BCUT2D eigenvalue weighted by molar-refractivity contribution is -0.144. The lowest BCUT2D eigenvalue weighted by Gasteiger charge is -2.33. The van der Waals surface area contributed by atoms with Gasteiger partial charge in [-0.1, -0.05) is 16.8 Å². The molecule has 226 valence electrons. The lowest BCUT2D eigenvalue weighted by Crippen LogP contribution is -2.54. The summed E-state index contributed by atoms with van der Waals surface area (Å²) in [7, 11) is -3.58. The van der Waals surface area contributed by atoms with Crippen molar-refractivity contribution < 1.29 is 27.6 Å². The van der Waals surface area contributed by atoms with Crippen LogP contribution in [0.25, 0.3) is 22.8 Å². The molecule has 2 aromatic carbocycles. The van der Waals surface area contributed by atoms with Crippen LogP contribution in [0, 0.1) is 0 Å². The van der Waals surface area contributed by atoms with Crippen LogP contribution >= 0.6 is 11.6 Å². The first-order valence-electron chi connectivity index (χ1n) is 13.8. The first-order valence-corrected chi connectivity index (χ1v) is 16.0. The number of nitrogens with one attached hydrogen (secondary N) is 1. The Kier molecular flexibility index (Phi) is 8.76. The van der Waals surface area contributed by atoms with Gasteiger partial charge in [0.1, 0.15) is 11.8 Å². The van der Waals surface area contributed by atoms with Gasteiger partial charge in [0.15, 0.2) is 0 Å². The lowest BCUT2D eigenvalue weighted by atomic mass is 10.0.